The Bertz CT molecular complexity index is 799. The maximum Gasteiger partial charge on any atom is 0.573 e. The quantitative estimate of drug-likeness (QED) is 0.691. The molecule has 0 amide bonds. The molecule has 4 fully saturated rings. The summed E-state index contributed by atoms with van der Waals surface area (Å²) in [5, 5.41) is 0.646. The number of rotatable bonds is 4. The lowest BCUT2D eigenvalue weighted by molar-refractivity contribution is -0.274. The van der Waals surface area contributed by atoms with E-state index in [-0.39, 0.29) is 24.3 Å². The molecule has 1 saturated carbocycles. The number of hydrogen-bond acceptors (Lipinski definition) is 5. The van der Waals surface area contributed by atoms with Crippen LogP contribution in [0.3, 0.4) is 0 Å². The van der Waals surface area contributed by atoms with Crippen LogP contribution >= 0.6 is 23.7 Å². The minimum Gasteiger partial charge on any atom is -0.466 e. The number of aromatic nitrogens is 1. The van der Waals surface area contributed by atoms with Crippen molar-refractivity contribution < 1.29 is 22.6 Å². The first-order chi connectivity index (χ1) is 12.9. The molecule has 152 valence electrons. The predicted octanol–water partition coefficient (Wildman–Crippen LogP) is 4.85. The van der Waals surface area contributed by atoms with Gasteiger partial charge in [-0.2, -0.15) is 0 Å². The van der Waals surface area contributed by atoms with E-state index < -0.39 is 6.36 Å². The lowest BCUT2D eigenvalue weighted by Gasteiger charge is -2.55. The summed E-state index contributed by atoms with van der Waals surface area (Å²) in [7, 11) is 0. The highest BCUT2D eigenvalue weighted by Crippen LogP contribution is 2.45. The van der Waals surface area contributed by atoms with Gasteiger partial charge < -0.3 is 14.4 Å². The van der Waals surface area contributed by atoms with Crippen molar-refractivity contribution in [1.82, 2.24) is 9.88 Å². The summed E-state index contributed by atoms with van der Waals surface area (Å²) in [5.41, 5.74) is 0.799. The minimum atomic E-state index is -4.68. The van der Waals surface area contributed by atoms with Gasteiger partial charge in [-0.15, -0.1) is 25.6 Å². The molecule has 1 aliphatic carbocycles. The summed E-state index contributed by atoms with van der Waals surface area (Å²) in [6.07, 6.45) is -0.228. The second-order valence-corrected chi connectivity index (χ2v) is 8.71. The van der Waals surface area contributed by atoms with Crippen molar-refractivity contribution in [3.63, 3.8) is 0 Å². The van der Waals surface area contributed by atoms with Crippen LogP contribution in [0.5, 0.6) is 10.9 Å². The molecular weight excluding hydrogens is 413 g/mol. The topological polar surface area (TPSA) is 34.6 Å². The maximum absolute atomic E-state index is 12.3. The van der Waals surface area contributed by atoms with E-state index in [0.717, 1.165) is 29.4 Å². The molecule has 1 aromatic heterocycles. The van der Waals surface area contributed by atoms with E-state index in [0.29, 0.717) is 17.0 Å². The third kappa shape index (κ3) is 3.95. The van der Waals surface area contributed by atoms with Gasteiger partial charge in [-0.1, -0.05) is 11.3 Å². The van der Waals surface area contributed by atoms with E-state index in [4.69, 9.17) is 4.74 Å². The molecule has 6 rings (SSSR count). The molecule has 4 nitrogen and oxygen atoms in total. The largest absolute Gasteiger partial charge is 0.573 e. The van der Waals surface area contributed by atoms with Gasteiger partial charge in [-0.3, -0.25) is 0 Å². The Kier molecular flexibility index (Phi) is 5.22. The molecule has 2 atom stereocenters. The fourth-order valence-electron chi connectivity index (χ4n) is 4.94. The number of halogens is 4. The van der Waals surface area contributed by atoms with Gasteiger partial charge in [0, 0.05) is 37.7 Å². The van der Waals surface area contributed by atoms with E-state index >= 15 is 0 Å². The van der Waals surface area contributed by atoms with Gasteiger partial charge in [0.25, 0.3) is 5.19 Å². The van der Waals surface area contributed by atoms with Gasteiger partial charge in [0.2, 0.25) is 0 Å². The van der Waals surface area contributed by atoms with Crippen LogP contribution in [-0.4, -0.2) is 42.0 Å². The lowest BCUT2D eigenvalue weighted by Crippen LogP contribution is -2.61. The fraction of sp³-hybridized carbons (Fsp3) is 0.526. The van der Waals surface area contributed by atoms with Crippen molar-refractivity contribution in [2.75, 3.05) is 19.6 Å². The van der Waals surface area contributed by atoms with Gasteiger partial charge in [-0.25, -0.2) is 4.98 Å². The van der Waals surface area contributed by atoms with E-state index in [1.54, 1.807) is 18.3 Å². The van der Waals surface area contributed by atoms with Gasteiger partial charge in [0.05, 0.1) is 4.88 Å². The number of thiazole rings is 1. The molecule has 1 aromatic carbocycles. The monoisotopic (exact) mass is 432 g/mol. The first kappa shape index (κ1) is 19.8. The van der Waals surface area contributed by atoms with E-state index in [1.807, 2.05) is 0 Å². The molecule has 9 heteroatoms. The number of ether oxygens (including phenoxy) is 2. The molecule has 2 aromatic rings. The Hall–Kier alpha value is -1.51. The highest BCUT2D eigenvalue weighted by Gasteiger charge is 2.48. The standard InChI is InChI=1S/C19H19F3N2O2S.ClH/c20-19(21,22)26-15-3-1-12(2-4-15)16-7-23-18(27-16)25-17-13-5-11-6-14(17)10-24(8-11)9-13;/h1-4,7,11,13-14,17H,5-6,8-10H2;1H/t11?,13-,14-,17?;/m0./s1. The zero-order valence-corrected chi connectivity index (χ0v) is 16.5. The normalized spacial score (nSPS) is 30.8. The smallest absolute Gasteiger partial charge is 0.466 e. The van der Waals surface area contributed by atoms with E-state index in [9.17, 15) is 13.2 Å². The molecule has 0 radical (unpaired) electrons. The van der Waals surface area contributed by atoms with Gasteiger partial charge in [-0.05, 0) is 48.6 Å². The average molecular weight is 433 g/mol. The lowest BCUT2D eigenvalue weighted by atomic mass is 9.66. The van der Waals surface area contributed by atoms with Crippen LogP contribution in [0, 0.1) is 17.8 Å². The van der Waals surface area contributed by atoms with Crippen molar-refractivity contribution in [1.29, 1.82) is 0 Å². The van der Waals surface area contributed by atoms with Crippen LogP contribution in [0.15, 0.2) is 30.5 Å². The molecular formula is C19H20ClF3N2O2S. The molecule has 4 bridgehead atoms. The zero-order valence-electron chi connectivity index (χ0n) is 14.9. The van der Waals surface area contributed by atoms with Crippen LogP contribution in [-0.2, 0) is 0 Å². The van der Waals surface area contributed by atoms with Crippen LogP contribution in [0.25, 0.3) is 10.4 Å². The first-order valence-corrected chi connectivity index (χ1v) is 9.95. The third-order valence-corrected chi connectivity index (χ3v) is 6.73. The summed E-state index contributed by atoms with van der Waals surface area (Å²) in [5.74, 6) is 1.77. The summed E-state index contributed by atoms with van der Waals surface area (Å²) < 4.78 is 47.0. The zero-order chi connectivity index (χ0) is 18.6. The molecule has 4 aliphatic rings. The molecule has 4 heterocycles. The highest BCUT2D eigenvalue weighted by molar-refractivity contribution is 7.16. The molecule has 3 aliphatic heterocycles. The third-order valence-electron chi connectivity index (χ3n) is 5.80. The van der Waals surface area contributed by atoms with Gasteiger partial charge in [0.15, 0.2) is 0 Å². The van der Waals surface area contributed by atoms with Crippen LogP contribution in [0.2, 0.25) is 0 Å². The summed E-state index contributed by atoms with van der Waals surface area (Å²) in [4.78, 5) is 7.83. The van der Waals surface area contributed by atoms with Crippen molar-refractivity contribution in [3.05, 3.63) is 30.5 Å². The molecule has 28 heavy (non-hydrogen) atoms. The van der Waals surface area contributed by atoms with E-state index in [2.05, 4.69) is 14.6 Å². The molecule has 0 unspecified atom stereocenters. The Labute approximate surface area is 171 Å². The maximum atomic E-state index is 12.3. The summed E-state index contributed by atoms with van der Waals surface area (Å²) in [6.45, 7) is 3.49. The fourth-order valence-corrected chi connectivity index (χ4v) is 5.75. The van der Waals surface area contributed by atoms with Gasteiger partial charge >= 0.3 is 6.36 Å². The first-order valence-electron chi connectivity index (χ1n) is 9.14. The number of nitrogens with zero attached hydrogens (tertiary/aromatic N) is 2. The Balaban J connectivity index is 0.00000192. The van der Waals surface area contributed by atoms with Gasteiger partial charge in [0.1, 0.15) is 11.9 Å². The number of alkyl halides is 3. The predicted molar refractivity (Wildman–Crippen MR) is 102 cm³/mol. The number of piperidine rings is 3. The highest BCUT2D eigenvalue weighted by atomic mass is 35.5. The Morgan fingerprint density at radius 3 is 2.32 bits per heavy atom. The summed E-state index contributed by atoms with van der Waals surface area (Å²) in [6, 6.07) is 5.84. The van der Waals surface area contributed by atoms with Crippen LogP contribution < -0.4 is 9.47 Å². The minimum absolute atomic E-state index is 0. The number of benzene rings is 1. The Morgan fingerprint density at radius 1 is 1.04 bits per heavy atom. The van der Waals surface area contributed by atoms with Crippen molar-refractivity contribution in [2.45, 2.75) is 25.3 Å². The Morgan fingerprint density at radius 2 is 1.71 bits per heavy atom. The van der Waals surface area contributed by atoms with Crippen LogP contribution in [0.1, 0.15) is 12.8 Å². The second kappa shape index (κ2) is 7.39. The van der Waals surface area contributed by atoms with Crippen molar-refractivity contribution in [2.24, 2.45) is 17.8 Å². The van der Waals surface area contributed by atoms with E-state index in [1.165, 1.54) is 42.9 Å². The molecule has 0 N–H and O–H groups in total. The van der Waals surface area contributed by atoms with Crippen molar-refractivity contribution >= 4 is 23.7 Å². The summed E-state index contributed by atoms with van der Waals surface area (Å²) >= 11 is 1.44. The number of hydrogen-bond donors (Lipinski definition) is 0. The SMILES string of the molecule is Cl.FC(F)(F)Oc1ccc(-c2cnc(OC3[C@H]4CC5C[C@H]3CN(C5)C4)s2)cc1. The van der Waals surface area contributed by atoms with Crippen molar-refractivity contribution in [3.8, 4) is 21.4 Å². The molecule has 0 spiro atoms. The average Bonchev–Trinajstić information content (AvgIpc) is 3.05. The molecule has 3 saturated heterocycles. The van der Waals surface area contributed by atoms with Crippen LogP contribution in [0.4, 0.5) is 13.2 Å². The second-order valence-electron chi connectivity index (χ2n) is 7.72.